The molecule has 210 valence electrons. The molecular weight excluding hydrogens is 556 g/mol. The first-order valence-electron chi connectivity index (χ1n) is 14.3. The second-order valence-electron chi connectivity index (χ2n) is 10.1. The number of nitrogens with zero attached hydrogens (tertiary/aromatic N) is 1. The molecule has 0 bridgehead atoms. The average molecular weight is 604 g/mol. The lowest BCUT2D eigenvalue weighted by Gasteiger charge is -2.17. The van der Waals surface area contributed by atoms with Gasteiger partial charge in [0, 0.05) is 30.1 Å². The molecule has 0 saturated heterocycles. The SMILES string of the molecule is Br.CCCCCCCCCCCCCCOc1cccc(NC(=O)c2ccccc2CN2C=C(C)SC2)c1. The minimum atomic E-state index is -0.0822. The molecule has 1 amide bonds. The lowest BCUT2D eigenvalue weighted by Crippen LogP contribution is -2.18. The standard InChI is InChI=1S/C32H46N2O2S.BrH/c1-3-4-5-6-7-8-9-10-11-12-13-16-22-36-30-20-17-19-29(23-30)33-32(35)31-21-15-14-18-28(31)25-34-24-27(2)37-26-34;/h14-15,17-21,23-24H,3-13,16,22,25-26H2,1-2H3,(H,33,35);1H. The van der Waals surface area contributed by atoms with E-state index in [1.165, 1.54) is 75.5 Å². The van der Waals surface area contributed by atoms with Crippen LogP contribution in [0.25, 0.3) is 0 Å². The molecule has 0 fully saturated rings. The number of rotatable bonds is 18. The van der Waals surface area contributed by atoms with Crippen molar-refractivity contribution in [1.29, 1.82) is 0 Å². The van der Waals surface area contributed by atoms with Crippen molar-refractivity contribution in [2.45, 2.75) is 97.4 Å². The van der Waals surface area contributed by atoms with E-state index in [2.05, 4.69) is 30.3 Å². The average Bonchev–Trinajstić information content (AvgIpc) is 3.31. The third-order valence-electron chi connectivity index (χ3n) is 6.82. The summed E-state index contributed by atoms with van der Waals surface area (Å²) in [6.07, 6.45) is 18.2. The molecule has 1 aliphatic rings. The number of hydrogen-bond acceptors (Lipinski definition) is 4. The third-order valence-corrected chi connectivity index (χ3v) is 7.84. The van der Waals surface area contributed by atoms with Crippen molar-refractivity contribution >= 4 is 40.3 Å². The molecule has 0 unspecified atom stereocenters. The van der Waals surface area contributed by atoms with Gasteiger partial charge in [-0.05, 0) is 42.0 Å². The van der Waals surface area contributed by atoms with Gasteiger partial charge in [-0.2, -0.15) is 0 Å². The van der Waals surface area contributed by atoms with E-state index in [9.17, 15) is 4.79 Å². The molecule has 2 aromatic carbocycles. The second-order valence-corrected chi connectivity index (χ2v) is 11.3. The van der Waals surface area contributed by atoms with Gasteiger partial charge in [0.15, 0.2) is 0 Å². The van der Waals surface area contributed by atoms with Crippen LogP contribution in [0.5, 0.6) is 5.75 Å². The first-order chi connectivity index (χ1) is 18.2. The van der Waals surface area contributed by atoms with Crippen molar-refractivity contribution in [1.82, 2.24) is 4.90 Å². The summed E-state index contributed by atoms with van der Waals surface area (Å²) in [6, 6.07) is 15.6. The van der Waals surface area contributed by atoms with Crippen LogP contribution in [0.2, 0.25) is 0 Å². The van der Waals surface area contributed by atoms with E-state index in [4.69, 9.17) is 4.74 Å². The molecule has 0 radical (unpaired) electrons. The van der Waals surface area contributed by atoms with Crippen LogP contribution in [0.1, 0.15) is 107 Å². The van der Waals surface area contributed by atoms with Crippen LogP contribution in [-0.2, 0) is 6.54 Å². The van der Waals surface area contributed by atoms with Gasteiger partial charge in [-0.15, -0.1) is 28.7 Å². The fraction of sp³-hybridized carbons (Fsp3) is 0.531. The van der Waals surface area contributed by atoms with E-state index in [1.807, 2.05) is 60.3 Å². The van der Waals surface area contributed by atoms with Crippen LogP contribution in [0.3, 0.4) is 0 Å². The number of unbranched alkanes of at least 4 members (excludes halogenated alkanes) is 11. The molecule has 3 rings (SSSR count). The molecule has 0 aromatic heterocycles. The van der Waals surface area contributed by atoms with Gasteiger partial charge >= 0.3 is 0 Å². The van der Waals surface area contributed by atoms with Crippen molar-refractivity contribution < 1.29 is 9.53 Å². The number of allylic oxidation sites excluding steroid dienone is 1. The summed E-state index contributed by atoms with van der Waals surface area (Å²) in [6.45, 7) is 5.85. The Balaban J connectivity index is 0.00000507. The number of hydrogen-bond donors (Lipinski definition) is 1. The molecule has 0 spiro atoms. The summed E-state index contributed by atoms with van der Waals surface area (Å²) in [5.41, 5.74) is 2.51. The van der Waals surface area contributed by atoms with Crippen LogP contribution >= 0.6 is 28.7 Å². The van der Waals surface area contributed by atoms with Crippen molar-refractivity contribution in [2.24, 2.45) is 0 Å². The highest BCUT2D eigenvalue weighted by Crippen LogP contribution is 2.27. The van der Waals surface area contributed by atoms with Crippen molar-refractivity contribution in [3.05, 3.63) is 70.8 Å². The van der Waals surface area contributed by atoms with E-state index in [-0.39, 0.29) is 22.9 Å². The van der Waals surface area contributed by atoms with Gasteiger partial charge in [0.25, 0.3) is 5.91 Å². The first kappa shape index (κ1) is 32.3. The smallest absolute Gasteiger partial charge is 0.256 e. The van der Waals surface area contributed by atoms with Crippen molar-refractivity contribution in [2.75, 3.05) is 17.8 Å². The van der Waals surface area contributed by atoms with E-state index in [0.717, 1.165) is 42.4 Å². The Bertz CT molecular complexity index is 981. The van der Waals surface area contributed by atoms with Gasteiger partial charge in [-0.1, -0.05) is 102 Å². The fourth-order valence-electron chi connectivity index (χ4n) is 4.70. The predicted molar refractivity (Wildman–Crippen MR) is 169 cm³/mol. The molecular formula is C32H47BrN2O2S. The zero-order chi connectivity index (χ0) is 26.1. The first-order valence-corrected chi connectivity index (χ1v) is 15.3. The fourth-order valence-corrected chi connectivity index (χ4v) is 5.46. The molecule has 0 aliphatic carbocycles. The molecule has 0 saturated carbocycles. The quantitative estimate of drug-likeness (QED) is 0.172. The Labute approximate surface area is 245 Å². The Morgan fingerprint density at radius 1 is 0.895 bits per heavy atom. The monoisotopic (exact) mass is 602 g/mol. The number of amides is 1. The summed E-state index contributed by atoms with van der Waals surface area (Å²) in [5, 5.41) is 3.06. The minimum absolute atomic E-state index is 0. The van der Waals surface area contributed by atoms with Crippen molar-refractivity contribution in [3.63, 3.8) is 0 Å². The third kappa shape index (κ3) is 12.3. The van der Waals surface area contributed by atoms with E-state index in [1.54, 1.807) is 0 Å². The molecule has 1 aliphatic heterocycles. The van der Waals surface area contributed by atoms with Gasteiger partial charge in [0.2, 0.25) is 0 Å². The molecule has 38 heavy (non-hydrogen) atoms. The normalized spacial score (nSPS) is 12.7. The number of nitrogens with one attached hydrogen (secondary N) is 1. The number of benzene rings is 2. The zero-order valence-corrected chi connectivity index (χ0v) is 25.9. The maximum atomic E-state index is 13.1. The Morgan fingerprint density at radius 3 is 2.21 bits per heavy atom. The largest absolute Gasteiger partial charge is 0.494 e. The number of halogens is 1. The van der Waals surface area contributed by atoms with E-state index in [0.29, 0.717) is 5.56 Å². The Kier molecular flexibility index (Phi) is 16.3. The zero-order valence-electron chi connectivity index (χ0n) is 23.4. The molecule has 1 N–H and O–H groups in total. The van der Waals surface area contributed by atoms with E-state index < -0.39 is 0 Å². The number of carbonyl (C=O) groups is 1. The number of ether oxygens (including phenoxy) is 1. The van der Waals surface area contributed by atoms with Crippen LogP contribution in [-0.4, -0.2) is 23.3 Å². The predicted octanol–water partition coefficient (Wildman–Crippen LogP) is 9.96. The van der Waals surface area contributed by atoms with Crippen LogP contribution in [0.15, 0.2) is 59.6 Å². The Hall–Kier alpha value is -1.92. The highest BCUT2D eigenvalue weighted by Gasteiger charge is 2.16. The lowest BCUT2D eigenvalue weighted by atomic mass is 10.1. The van der Waals surface area contributed by atoms with Crippen LogP contribution < -0.4 is 10.1 Å². The molecule has 1 heterocycles. The Morgan fingerprint density at radius 2 is 1.55 bits per heavy atom. The highest BCUT2D eigenvalue weighted by atomic mass is 79.9. The molecule has 4 nitrogen and oxygen atoms in total. The maximum absolute atomic E-state index is 13.1. The summed E-state index contributed by atoms with van der Waals surface area (Å²) >= 11 is 1.83. The summed E-state index contributed by atoms with van der Waals surface area (Å²) in [5.74, 6) is 1.66. The molecule has 0 atom stereocenters. The van der Waals surface area contributed by atoms with Crippen molar-refractivity contribution in [3.8, 4) is 5.75 Å². The lowest BCUT2D eigenvalue weighted by molar-refractivity contribution is 0.102. The van der Waals surface area contributed by atoms with Gasteiger partial charge in [-0.3, -0.25) is 4.79 Å². The highest BCUT2D eigenvalue weighted by molar-refractivity contribution is 8.93. The minimum Gasteiger partial charge on any atom is -0.494 e. The van der Waals surface area contributed by atoms with Crippen LogP contribution in [0.4, 0.5) is 5.69 Å². The number of anilines is 1. The number of thioether (sulfide) groups is 1. The van der Waals surface area contributed by atoms with Crippen LogP contribution in [0, 0.1) is 0 Å². The van der Waals surface area contributed by atoms with E-state index >= 15 is 0 Å². The summed E-state index contributed by atoms with van der Waals surface area (Å²) in [4.78, 5) is 16.6. The van der Waals surface area contributed by atoms with Gasteiger partial charge in [0.1, 0.15) is 5.75 Å². The summed E-state index contributed by atoms with van der Waals surface area (Å²) < 4.78 is 5.98. The molecule has 2 aromatic rings. The topological polar surface area (TPSA) is 41.6 Å². The number of carbonyl (C=O) groups excluding carboxylic acids is 1. The maximum Gasteiger partial charge on any atom is 0.256 e. The van der Waals surface area contributed by atoms with Gasteiger partial charge in [0.05, 0.1) is 12.5 Å². The van der Waals surface area contributed by atoms with Gasteiger partial charge < -0.3 is 15.0 Å². The molecule has 6 heteroatoms. The summed E-state index contributed by atoms with van der Waals surface area (Å²) in [7, 11) is 0. The second kappa shape index (κ2) is 19.2. The van der Waals surface area contributed by atoms with Gasteiger partial charge in [-0.25, -0.2) is 0 Å².